The summed E-state index contributed by atoms with van der Waals surface area (Å²) in [6.45, 7) is 12.1. The average molecular weight is 461 g/mol. The molecule has 1 unspecified atom stereocenters. The molecule has 0 amide bonds. The number of hydrogen-bond acceptors (Lipinski definition) is 0. The zero-order chi connectivity index (χ0) is 24.8. The van der Waals surface area contributed by atoms with Crippen molar-refractivity contribution >= 4 is 5.57 Å². The van der Waals surface area contributed by atoms with Crippen molar-refractivity contribution in [3.63, 3.8) is 0 Å². The molecule has 0 saturated heterocycles. The molecule has 0 aliphatic heterocycles. The molecule has 1 saturated carbocycles. The monoisotopic (exact) mass is 460 g/mol. The molecule has 0 spiro atoms. The van der Waals surface area contributed by atoms with Crippen molar-refractivity contribution < 1.29 is 5.82 Å². The Bertz CT molecular complexity index is 947. The molecule has 0 bridgehead atoms. The van der Waals surface area contributed by atoms with E-state index in [2.05, 4.69) is 74.2 Å². The van der Waals surface area contributed by atoms with E-state index in [-0.39, 0.29) is 7.25 Å². The van der Waals surface area contributed by atoms with Gasteiger partial charge in [-0.2, -0.15) is 0 Å². The van der Waals surface area contributed by atoms with Crippen LogP contribution in [0.5, 0.6) is 0 Å². The number of halogens is 1. The summed E-state index contributed by atoms with van der Waals surface area (Å²) in [4.78, 5) is 0. The number of fused-ring (bicyclic) bond motifs is 1. The van der Waals surface area contributed by atoms with Crippen LogP contribution in [-0.2, 0) is 6.42 Å². The highest BCUT2D eigenvalue weighted by Gasteiger charge is 2.21. The minimum absolute atomic E-state index is 0. The Morgan fingerprint density at radius 3 is 2.38 bits per heavy atom. The molecule has 1 fully saturated rings. The molecular formula is C33H45F. The molecule has 0 N–H and O–H groups in total. The first kappa shape index (κ1) is 27.6. The Morgan fingerprint density at radius 2 is 1.76 bits per heavy atom. The Labute approximate surface area is 209 Å². The van der Waals surface area contributed by atoms with Crippen molar-refractivity contribution in [3.05, 3.63) is 114 Å². The summed E-state index contributed by atoms with van der Waals surface area (Å²) in [6.07, 6.45) is 26.8. The minimum Gasteiger partial charge on any atom is -0.207 e. The predicted octanol–water partition coefficient (Wildman–Crippen LogP) is 10.5. The molecular weight excluding hydrogens is 415 g/mol. The molecule has 3 aliphatic rings. The van der Waals surface area contributed by atoms with Crippen molar-refractivity contribution in [2.75, 3.05) is 0 Å². The highest BCUT2D eigenvalue weighted by Crippen LogP contribution is 2.37. The van der Waals surface area contributed by atoms with E-state index in [0.29, 0.717) is 17.9 Å². The Balaban J connectivity index is 0.000000522. The van der Waals surface area contributed by atoms with Gasteiger partial charge >= 0.3 is 0 Å². The molecule has 3 aliphatic carbocycles. The third kappa shape index (κ3) is 8.60. The third-order valence-corrected chi connectivity index (χ3v) is 6.52. The SMILES string of the molecule is C=C(CCc1ccc(C2=CC=C3C=CC=CC32)cc1)/C(F)=C\C=C/C.CC.CC1CCCCC1.[HH]. The third-order valence-electron chi connectivity index (χ3n) is 6.52. The molecule has 0 radical (unpaired) electrons. The van der Waals surface area contributed by atoms with Crippen molar-refractivity contribution in [1.82, 2.24) is 0 Å². The standard InChI is InChI=1S/C24H23F.C7H14.C2H6.H2/c1-3-4-9-24(25)18(2)10-11-19-12-14-21(15-13-19)23-17-16-20-7-5-6-8-22(20)23;1-7-5-3-2-4-6-7;1-2;/h3-9,12-17,22H,2,10-11H2,1H3;7H,2-6H2,1H3;1-2H3;1H/b4-3-,24-9+;;;. The summed E-state index contributed by atoms with van der Waals surface area (Å²) in [6, 6.07) is 8.60. The topological polar surface area (TPSA) is 0 Å². The minimum atomic E-state index is -0.235. The number of aryl methyl sites for hydroxylation is 1. The van der Waals surface area contributed by atoms with Crippen molar-refractivity contribution in [2.24, 2.45) is 11.8 Å². The van der Waals surface area contributed by atoms with Gasteiger partial charge < -0.3 is 0 Å². The maximum absolute atomic E-state index is 13.8. The second kappa shape index (κ2) is 15.3. The van der Waals surface area contributed by atoms with Gasteiger partial charge in [-0.1, -0.05) is 132 Å². The lowest BCUT2D eigenvalue weighted by Gasteiger charge is -2.16. The number of hydrogen-bond donors (Lipinski definition) is 0. The quantitative estimate of drug-likeness (QED) is 0.370. The van der Waals surface area contributed by atoms with E-state index >= 15 is 0 Å². The second-order valence-corrected chi connectivity index (χ2v) is 9.09. The average Bonchev–Trinajstić information content (AvgIpc) is 3.32. The highest BCUT2D eigenvalue weighted by atomic mass is 19.1. The fourth-order valence-electron chi connectivity index (χ4n) is 4.45. The first-order chi connectivity index (χ1) is 16.6. The van der Waals surface area contributed by atoms with E-state index in [9.17, 15) is 4.39 Å². The fraction of sp³-hybridized carbons (Fsp3) is 0.394. The van der Waals surface area contributed by atoms with E-state index in [1.54, 1.807) is 12.2 Å². The lowest BCUT2D eigenvalue weighted by molar-refractivity contribution is 0.385. The van der Waals surface area contributed by atoms with Gasteiger partial charge in [0.05, 0.1) is 0 Å². The van der Waals surface area contributed by atoms with Gasteiger partial charge in [0.25, 0.3) is 0 Å². The Kier molecular flexibility index (Phi) is 12.4. The number of rotatable bonds is 6. The van der Waals surface area contributed by atoms with Gasteiger partial charge in [0.1, 0.15) is 5.83 Å². The zero-order valence-corrected chi connectivity index (χ0v) is 21.7. The second-order valence-electron chi connectivity index (χ2n) is 9.09. The lowest BCUT2D eigenvalue weighted by atomic mass is 9.88. The van der Waals surface area contributed by atoms with Gasteiger partial charge in [-0.3, -0.25) is 0 Å². The van der Waals surface area contributed by atoms with Crippen LogP contribution in [0.3, 0.4) is 0 Å². The molecule has 1 aromatic carbocycles. The van der Waals surface area contributed by atoms with Crippen LogP contribution in [0.4, 0.5) is 4.39 Å². The summed E-state index contributed by atoms with van der Waals surface area (Å²) in [5.41, 5.74) is 5.69. The molecule has 0 nitrogen and oxygen atoms in total. The van der Waals surface area contributed by atoms with Crippen LogP contribution in [0.1, 0.15) is 78.8 Å². The van der Waals surface area contributed by atoms with E-state index in [1.807, 2.05) is 20.8 Å². The van der Waals surface area contributed by atoms with Gasteiger partial charge in [-0.15, -0.1) is 0 Å². The summed E-state index contributed by atoms with van der Waals surface area (Å²) >= 11 is 0. The smallest absolute Gasteiger partial charge is 0.125 e. The van der Waals surface area contributed by atoms with Gasteiger partial charge in [0.2, 0.25) is 0 Å². The summed E-state index contributed by atoms with van der Waals surface area (Å²) in [7, 11) is 0. The van der Waals surface area contributed by atoms with E-state index in [0.717, 1.165) is 12.3 Å². The van der Waals surface area contributed by atoms with Gasteiger partial charge in [0.15, 0.2) is 0 Å². The molecule has 1 aromatic rings. The van der Waals surface area contributed by atoms with Crippen LogP contribution in [0.2, 0.25) is 0 Å². The molecule has 0 heterocycles. The van der Waals surface area contributed by atoms with Crippen LogP contribution in [0.15, 0.2) is 103 Å². The molecule has 1 atom stereocenters. The highest BCUT2D eigenvalue weighted by molar-refractivity contribution is 5.78. The Hall–Kier alpha value is -2.67. The maximum atomic E-state index is 13.8. The first-order valence-corrected chi connectivity index (χ1v) is 13.1. The molecule has 34 heavy (non-hydrogen) atoms. The van der Waals surface area contributed by atoms with Crippen LogP contribution in [0.25, 0.3) is 5.57 Å². The van der Waals surface area contributed by atoms with E-state index < -0.39 is 0 Å². The summed E-state index contributed by atoms with van der Waals surface area (Å²) in [5.74, 6) is 1.18. The molecule has 184 valence electrons. The van der Waals surface area contributed by atoms with Gasteiger partial charge in [-0.25, -0.2) is 4.39 Å². The first-order valence-electron chi connectivity index (χ1n) is 13.1. The van der Waals surface area contributed by atoms with E-state index in [1.165, 1.54) is 60.5 Å². The predicted molar refractivity (Wildman–Crippen MR) is 151 cm³/mol. The summed E-state index contributed by atoms with van der Waals surface area (Å²) in [5, 5.41) is 0. The number of allylic oxidation sites excluding steroid dienone is 13. The molecule has 4 rings (SSSR count). The van der Waals surface area contributed by atoms with Crippen LogP contribution < -0.4 is 0 Å². The van der Waals surface area contributed by atoms with Crippen molar-refractivity contribution in [3.8, 4) is 0 Å². The van der Waals surface area contributed by atoms with Crippen molar-refractivity contribution in [2.45, 2.75) is 72.6 Å². The fourth-order valence-corrected chi connectivity index (χ4v) is 4.45. The number of benzene rings is 1. The van der Waals surface area contributed by atoms with E-state index in [4.69, 9.17) is 0 Å². The summed E-state index contributed by atoms with van der Waals surface area (Å²) < 4.78 is 13.8. The van der Waals surface area contributed by atoms with Crippen molar-refractivity contribution in [1.29, 1.82) is 0 Å². The van der Waals surface area contributed by atoms with Gasteiger partial charge in [0, 0.05) is 7.34 Å². The lowest BCUT2D eigenvalue weighted by Crippen LogP contribution is -2.01. The zero-order valence-electron chi connectivity index (χ0n) is 21.7. The maximum Gasteiger partial charge on any atom is 0.125 e. The van der Waals surface area contributed by atoms with Gasteiger partial charge in [-0.05, 0) is 59.6 Å². The largest absolute Gasteiger partial charge is 0.207 e. The van der Waals surface area contributed by atoms with Crippen LogP contribution >= 0.6 is 0 Å². The normalized spacial score (nSPS) is 19.4. The molecule has 1 heteroatoms. The Morgan fingerprint density at radius 1 is 1.06 bits per heavy atom. The molecule has 0 aromatic heterocycles. The van der Waals surface area contributed by atoms with Crippen LogP contribution in [0, 0.1) is 11.8 Å². The van der Waals surface area contributed by atoms with Crippen LogP contribution in [-0.4, -0.2) is 0 Å².